The standard InChI is InChI=1S/C15H20ClFN2O2/c1-10(18)13-4-2-3-7-19(13)15(20)9-21-14-6-5-11(17)8-12(14)16/h5-6,8,10,13H,2-4,7,9,18H2,1H3. The molecule has 1 aromatic carbocycles. The first-order chi connectivity index (χ1) is 9.99. The summed E-state index contributed by atoms with van der Waals surface area (Å²) < 4.78 is 18.4. The Kier molecular flexibility index (Phi) is 5.42. The lowest BCUT2D eigenvalue weighted by Crippen LogP contribution is -2.52. The van der Waals surface area contributed by atoms with Gasteiger partial charge in [0.2, 0.25) is 0 Å². The zero-order valence-electron chi connectivity index (χ0n) is 12.0. The normalized spacial score (nSPS) is 20.2. The van der Waals surface area contributed by atoms with Gasteiger partial charge in [0.1, 0.15) is 11.6 Å². The van der Waals surface area contributed by atoms with Crippen LogP contribution in [0, 0.1) is 5.82 Å². The molecule has 0 bridgehead atoms. The van der Waals surface area contributed by atoms with Gasteiger partial charge in [0.15, 0.2) is 6.61 Å². The average Bonchev–Trinajstić information content (AvgIpc) is 2.46. The van der Waals surface area contributed by atoms with Crippen molar-refractivity contribution in [1.29, 1.82) is 0 Å². The van der Waals surface area contributed by atoms with Crippen LogP contribution in [0.5, 0.6) is 5.75 Å². The fourth-order valence-electron chi connectivity index (χ4n) is 2.63. The minimum absolute atomic E-state index is 0.0542. The monoisotopic (exact) mass is 314 g/mol. The first-order valence-electron chi connectivity index (χ1n) is 7.12. The second kappa shape index (κ2) is 7.09. The molecule has 1 heterocycles. The Balaban J connectivity index is 1.97. The van der Waals surface area contributed by atoms with Gasteiger partial charge in [-0.1, -0.05) is 11.6 Å². The van der Waals surface area contributed by atoms with Gasteiger partial charge in [-0.05, 0) is 44.4 Å². The van der Waals surface area contributed by atoms with Gasteiger partial charge in [-0.15, -0.1) is 0 Å². The first-order valence-corrected chi connectivity index (χ1v) is 7.49. The molecule has 6 heteroatoms. The average molecular weight is 315 g/mol. The van der Waals surface area contributed by atoms with Crippen molar-refractivity contribution < 1.29 is 13.9 Å². The lowest BCUT2D eigenvalue weighted by Gasteiger charge is -2.38. The zero-order valence-corrected chi connectivity index (χ0v) is 12.8. The molecule has 1 aromatic rings. The molecule has 4 nitrogen and oxygen atoms in total. The summed E-state index contributed by atoms with van der Waals surface area (Å²) in [6.45, 7) is 2.49. The third-order valence-electron chi connectivity index (χ3n) is 3.72. The van der Waals surface area contributed by atoms with Crippen LogP contribution in [0.3, 0.4) is 0 Å². The predicted octanol–water partition coefficient (Wildman–Crippen LogP) is 2.59. The van der Waals surface area contributed by atoms with Crippen LogP contribution in [-0.4, -0.2) is 36.0 Å². The number of ether oxygens (including phenoxy) is 1. The lowest BCUT2D eigenvalue weighted by atomic mass is 9.97. The molecule has 21 heavy (non-hydrogen) atoms. The Morgan fingerprint density at radius 1 is 1.57 bits per heavy atom. The quantitative estimate of drug-likeness (QED) is 0.929. The number of carbonyl (C=O) groups excluding carboxylic acids is 1. The largest absolute Gasteiger partial charge is 0.482 e. The van der Waals surface area contributed by atoms with E-state index < -0.39 is 5.82 Å². The van der Waals surface area contributed by atoms with Crippen molar-refractivity contribution in [2.45, 2.75) is 38.3 Å². The highest BCUT2D eigenvalue weighted by atomic mass is 35.5. The van der Waals surface area contributed by atoms with E-state index in [4.69, 9.17) is 22.1 Å². The molecule has 1 aliphatic rings. The summed E-state index contributed by atoms with van der Waals surface area (Å²) >= 11 is 5.87. The van der Waals surface area contributed by atoms with E-state index in [0.717, 1.165) is 25.3 Å². The van der Waals surface area contributed by atoms with Crippen LogP contribution in [0.2, 0.25) is 5.02 Å². The van der Waals surface area contributed by atoms with E-state index in [1.54, 1.807) is 4.90 Å². The number of nitrogens with zero attached hydrogens (tertiary/aromatic N) is 1. The van der Waals surface area contributed by atoms with E-state index in [9.17, 15) is 9.18 Å². The third kappa shape index (κ3) is 4.08. The van der Waals surface area contributed by atoms with Gasteiger partial charge in [-0.25, -0.2) is 4.39 Å². The van der Waals surface area contributed by atoms with Gasteiger partial charge in [0, 0.05) is 18.6 Å². The molecule has 0 saturated carbocycles. The topological polar surface area (TPSA) is 55.6 Å². The first kappa shape index (κ1) is 16.0. The molecule has 0 aromatic heterocycles. The van der Waals surface area contributed by atoms with Gasteiger partial charge in [0.25, 0.3) is 5.91 Å². The maximum absolute atomic E-state index is 12.9. The van der Waals surface area contributed by atoms with Crippen molar-refractivity contribution in [1.82, 2.24) is 4.90 Å². The summed E-state index contributed by atoms with van der Waals surface area (Å²) in [5.74, 6) is -0.245. The number of carbonyl (C=O) groups is 1. The number of nitrogens with two attached hydrogens (primary N) is 1. The molecule has 2 atom stereocenters. The summed E-state index contributed by atoms with van der Waals surface area (Å²) in [4.78, 5) is 14.1. The molecule has 1 amide bonds. The van der Waals surface area contributed by atoms with Crippen molar-refractivity contribution in [3.05, 3.63) is 29.0 Å². The van der Waals surface area contributed by atoms with Crippen molar-refractivity contribution >= 4 is 17.5 Å². The number of hydrogen-bond donors (Lipinski definition) is 1. The number of halogens is 2. The molecule has 2 N–H and O–H groups in total. The molecule has 2 unspecified atom stereocenters. The summed E-state index contributed by atoms with van der Waals surface area (Å²) in [5.41, 5.74) is 5.95. The van der Waals surface area contributed by atoms with Gasteiger partial charge in [-0.2, -0.15) is 0 Å². The molecular formula is C15H20ClFN2O2. The minimum atomic E-state index is -0.438. The van der Waals surface area contributed by atoms with E-state index in [2.05, 4.69) is 0 Å². The zero-order chi connectivity index (χ0) is 15.4. The molecule has 1 fully saturated rings. The van der Waals surface area contributed by atoms with E-state index >= 15 is 0 Å². The van der Waals surface area contributed by atoms with E-state index in [1.807, 2.05) is 6.92 Å². The van der Waals surface area contributed by atoms with Crippen molar-refractivity contribution in [2.75, 3.05) is 13.2 Å². The van der Waals surface area contributed by atoms with E-state index in [0.29, 0.717) is 12.3 Å². The van der Waals surface area contributed by atoms with Crippen molar-refractivity contribution in [3.8, 4) is 5.75 Å². The highest BCUT2D eigenvalue weighted by Gasteiger charge is 2.29. The van der Waals surface area contributed by atoms with Gasteiger partial charge in [0.05, 0.1) is 5.02 Å². The van der Waals surface area contributed by atoms with Gasteiger partial charge >= 0.3 is 0 Å². The van der Waals surface area contributed by atoms with Crippen LogP contribution in [0.15, 0.2) is 18.2 Å². The Morgan fingerprint density at radius 3 is 3.00 bits per heavy atom. The van der Waals surface area contributed by atoms with Crippen LogP contribution in [-0.2, 0) is 4.79 Å². The molecule has 1 saturated heterocycles. The van der Waals surface area contributed by atoms with Gasteiger partial charge in [-0.3, -0.25) is 4.79 Å². The van der Waals surface area contributed by atoms with Crippen molar-refractivity contribution in [3.63, 3.8) is 0 Å². The summed E-state index contributed by atoms with van der Waals surface area (Å²) in [7, 11) is 0. The second-order valence-corrected chi connectivity index (χ2v) is 5.78. The number of rotatable bonds is 4. The SMILES string of the molecule is CC(N)C1CCCCN1C(=O)COc1ccc(F)cc1Cl. The summed E-state index contributed by atoms with van der Waals surface area (Å²) in [6.07, 6.45) is 2.98. The minimum Gasteiger partial charge on any atom is -0.482 e. The Labute approximate surface area is 129 Å². The highest BCUT2D eigenvalue weighted by Crippen LogP contribution is 2.25. The predicted molar refractivity (Wildman–Crippen MR) is 79.9 cm³/mol. The lowest BCUT2D eigenvalue weighted by molar-refractivity contribution is -0.137. The molecule has 0 spiro atoms. The number of piperidine rings is 1. The maximum Gasteiger partial charge on any atom is 0.260 e. The van der Waals surface area contributed by atoms with Crippen LogP contribution in [0.25, 0.3) is 0 Å². The second-order valence-electron chi connectivity index (χ2n) is 5.37. The van der Waals surface area contributed by atoms with Gasteiger partial charge < -0.3 is 15.4 Å². The van der Waals surface area contributed by atoms with E-state index in [-0.39, 0.29) is 29.6 Å². The number of benzene rings is 1. The number of hydrogen-bond acceptors (Lipinski definition) is 3. The molecule has 1 aliphatic heterocycles. The molecule has 116 valence electrons. The summed E-state index contributed by atoms with van der Waals surface area (Å²) in [6, 6.07) is 3.82. The summed E-state index contributed by atoms with van der Waals surface area (Å²) in [5, 5.41) is 0.158. The Morgan fingerprint density at radius 2 is 2.33 bits per heavy atom. The maximum atomic E-state index is 12.9. The Bertz CT molecular complexity index is 510. The van der Waals surface area contributed by atoms with Crippen LogP contribution in [0.4, 0.5) is 4.39 Å². The highest BCUT2D eigenvalue weighted by molar-refractivity contribution is 6.32. The number of likely N-dealkylation sites (tertiary alicyclic amines) is 1. The molecule has 0 aliphatic carbocycles. The Hall–Kier alpha value is -1.33. The van der Waals surface area contributed by atoms with Crippen molar-refractivity contribution in [2.24, 2.45) is 5.73 Å². The number of amides is 1. The van der Waals surface area contributed by atoms with Crippen LogP contribution >= 0.6 is 11.6 Å². The molecule has 0 radical (unpaired) electrons. The third-order valence-corrected chi connectivity index (χ3v) is 4.02. The molecule has 2 rings (SSSR count). The smallest absolute Gasteiger partial charge is 0.260 e. The van der Waals surface area contributed by atoms with E-state index in [1.165, 1.54) is 12.1 Å². The fourth-order valence-corrected chi connectivity index (χ4v) is 2.85. The molecular weight excluding hydrogens is 295 g/mol. The fraction of sp³-hybridized carbons (Fsp3) is 0.533. The van der Waals surface area contributed by atoms with Crippen LogP contribution in [0.1, 0.15) is 26.2 Å². The van der Waals surface area contributed by atoms with Crippen LogP contribution < -0.4 is 10.5 Å².